The molecule has 0 spiro atoms. The number of aryl methyl sites for hydroxylation is 1. The van der Waals surface area contributed by atoms with Gasteiger partial charge in [0.1, 0.15) is 5.82 Å². The Hall–Kier alpha value is -3.58. The van der Waals surface area contributed by atoms with Gasteiger partial charge in [-0.05, 0) is 100 Å². The molecule has 0 saturated carbocycles. The van der Waals surface area contributed by atoms with Gasteiger partial charge in [-0.25, -0.2) is 4.39 Å². The van der Waals surface area contributed by atoms with E-state index in [2.05, 4.69) is 5.32 Å². The van der Waals surface area contributed by atoms with Crippen molar-refractivity contribution in [2.75, 3.05) is 29.6 Å². The first-order valence-corrected chi connectivity index (χ1v) is 13.1. The second-order valence-electron chi connectivity index (χ2n) is 8.15. The number of hydrogen-bond acceptors (Lipinski definition) is 4. The van der Waals surface area contributed by atoms with Gasteiger partial charge in [0.2, 0.25) is 0 Å². The predicted octanol–water partition coefficient (Wildman–Crippen LogP) is 7.23. The Kier molecular flexibility index (Phi) is 9.31. The summed E-state index contributed by atoms with van der Waals surface area (Å²) in [4.78, 5) is 29.4. The minimum Gasteiger partial charge on any atom is -0.339 e. The van der Waals surface area contributed by atoms with Crippen molar-refractivity contribution >= 4 is 40.6 Å². The van der Waals surface area contributed by atoms with Gasteiger partial charge in [-0.3, -0.25) is 9.59 Å². The van der Waals surface area contributed by atoms with Crippen molar-refractivity contribution < 1.29 is 14.0 Å². The van der Waals surface area contributed by atoms with Gasteiger partial charge in [0.05, 0.1) is 10.7 Å². The molecule has 5 nitrogen and oxygen atoms in total. The smallest absolute Gasteiger partial charge is 0.255 e. The monoisotopic (exact) mass is 505 g/mol. The molecule has 0 atom stereocenters. The van der Waals surface area contributed by atoms with Crippen molar-refractivity contribution in [1.82, 2.24) is 4.90 Å². The number of rotatable bonds is 9. The van der Waals surface area contributed by atoms with E-state index in [1.54, 1.807) is 59.1 Å². The number of thioether (sulfide) groups is 1. The van der Waals surface area contributed by atoms with E-state index in [-0.39, 0.29) is 17.6 Å². The minimum atomic E-state index is -0.306. The molecular weight excluding hydrogens is 473 g/mol. The predicted molar refractivity (Wildman–Crippen MR) is 149 cm³/mol. The summed E-state index contributed by atoms with van der Waals surface area (Å²) in [6.45, 7) is 9.10. The molecule has 0 bridgehead atoms. The maximum Gasteiger partial charge on any atom is 0.255 e. The molecule has 7 heteroatoms. The number of nitrogens with one attached hydrogen (secondary N) is 1. The Morgan fingerprint density at radius 2 is 1.56 bits per heavy atom. The standard InChI is InChI=1S/C29H32FN3O2S/c1-6-27(36-5)33(25-17-13-23(30)14-18-25)26-19-22(10-9-20(26)4)28(34)31-24-15-11-21(12-16-24)29(35)32(7-2)8-3/h6,9-19H,7-8H2,1-5H3,(H,31,34)/b27-6+. The van der Waals surface area contributed by atoms with Gasteiger partial charge in [0.25, 0.3) is 11.8 Å². The van der Waals surface area contributed by atoms with Crippen LogP contribution in [0, 0.1) is 12.7 Å². The minimum absolute atomic E-state index is 0.0319. The molecule has 3 aromatic carbocycles. The highest BCUT2D eigenvalue weighted by atomic mass is 32.2. The SMILES string of the molecule is C/C=C(/SC)N(c1ccc(F)cc1)c1cc(C(=O)Nc2ccc(C(=O)N(CC)CC)cc2)ccc1C. The molecule has 1 N–H and O–H groups in total. The summed E-state index contributed by atoms with van der Waals surface area (Å²) in [6, 6.07) is 18.8. The van der Waals surface area contributed by atoms with Crippen molar-refractivity contribution in [2.45, 2.75) is 27.7 Å². The molecule has 0 aliphatic rings. The van der Waals surface area contributed by atoms with Gasteiger partial charge >= 0.3 is 0 Å². The first-order valence-electron chi connectivity index (χ1n) is 11.9. The third-order valence-electron chi connectivity index (χ3n) is 5.91. The number of amides is 2. The van der Waals surface area contributed by atoms with Gasteiger partial charge in [0.15, 0.2) is 0 Å². The number of benzene rings is 3. The highest BCUT2D eigenvalue weighted by molar-refractivity contribution is 8.02. The number of halogens is 1. The summed E-state index contributed by atoms with van der Waals surface area (Å²) in [5.74, 6) is -0.598. The summed E-state index contributed by atoms with van der Waals surface area (Å²) >= 11 is 1.57. The topological polar surface area (TPSA) is 52.7 Å². The number of hydrogen-bond donors (Lipinski definition) is 1. The first kappa shape index (κ1) is 27.0. The Balaban J connectivity index is 1.89. The van der Waals surface area contributed by atoms with Crippen LogP contribution in [0.1, 0.15) is 47.1 Å². The number of carbonyl (C=O) groups is 2. The Morgan fingerprint density at radius 1 is 0.944 bits per heavy atom. The van der Waals surface area contributed by atoms with Gasteiger partial charge in [0, 0.05) is 35.6 Å². The van der Waals surface area contributed by atoms with Gasteiger partial charge in [-0.2, -0.15) is 0 Å². The van der Waals surface area contributed by atoms with Crippen LogP contribution < -0.4 is 10.2 Å². The second-order valence-corrected chi connectivity index (χ2v) is 8.98. The van der Waals surface area contributed by atoms with Crippen LogP contribution in [-0.4, -0.2) is 36.1 Å². The second kappa shape index (κ2) is 12.4. The third kappa shape index (κ3) is 6.15. The molecule has 0 aromatic heterocycles. The largest absolute Gasteiger partial charge is 0.339 e. The zero-order valence-corrected chi connectivity index (χ0v) is 22.2. The molecule has 0 aliphatic heterocycles. The fourth-order valence-electron chi connectivity index (χ4n) is 3.90. The van der Waals surface area contributed by atoms with Crippen molar-refractivity contribution in [3.63, 3.8) is 0 Å². The number of allylic oxidation sites excluding steroid dienone is 1. The molecule has 2 amide bonds. The van der Waals surface area contributed by atoms with E-state index >= 15 is 0 Å². The van der Waals surface area contributed by atoms with E-state index in [0.717, 1.165) is 22.0 Å². The molecule has 3 aromatic rings. The molecule has 0 saturated heterocycles. The fraction of sp³-hybridized carbons (Fsp3) is 0.241. The lowest BCUT2D eigenvalue weighted by Crippen LogP contribution is -2.30. The Labute approximate surface area is 217 Å². The Morgan fingerprint density at radius 3 is 2.11 bits per heavy atom. The van der Waals surface area contributed by atoms with E-state index in [1.165, 1.54) is 12.1 Å². The van der Waals surface area contributed by atoms with Crippen LogP contribution in [-0.2, 0) is 0 Å². The van der Waals surface area contributed by atoms with Crippen molar-refractivity contribution in [2.24, 2.45) is 0 Å². The van der Waals surface area contributed by atoms with Crippen LogP contribution in [0.4, 0.5) is 21.5 Å². The lowest BCUT2D eigenvalue weighted by Gasteiger charge is -2.28. The van der Waals surface area contributed by atoms with Crippen LogP contribution in [0.3, 0.4) is 0 Å². The maximum absolute atomic E-state index is 13.6. The van der Waals surface area contributed by atoms with Crippen LogP contribution >= 0.6 is 11.8 Å². The molecular formula is C29H32FN3O2S. The van der Waals surface area contributed by atoms with Gasteiger partial charge < -0.3 is 15.1 Å². The Bertz CT molecular complexity index is 1240. The summed E-state index contributed by atoms with van der Waals surface area (Å²) in [6.07, 6.45) is 3.97. The average Bonchev–Trinajstić information content (AvgIpc) is 2.89. The van der Waals surface area contributed by atoms with Crippen LogP contribution in [0.25, 0.3) is 0 Å². The average molecular weight is 506 g/mol. The normalized spacial score (nSPS) is 11.2. The molecule has 0 fully saturated rings. The van der Waals surface area contributed by atoms with Gasteiger partial charge in [-0.15, -0.1) is 11.8 Å². The first-order chi connectivity index (χ1) is 17.3. The lowest BCUT2D eigenvalue weighted by molar-refractivity contribution is 0.0773. The summed E-state index contributed by atoms with van der Waals surface area (Å²) in [7, 11) is 0. The fourth-order valence-corrected chi connectivity index (χ4v) is 4.52. The van der Waals surface area contributed by atoms with E-state index in [0.29, 0.717) is 29.9 Å². The van der Waals surface area contributed by atoms with Crippen molar-refractivity contribution in [3.8, 4) is 0 Å². The molecule has 0 heterocycles. The lowest BCUT2D eigenvalue weighted by atomic mass is 10.1. The molecule has 0 radical (unpaired) electrons. The zero-order chi connectivity index (χ0) is 26.2. The van der Waals surface area contributed by atoms with E-state index in [9.17, 15) is 14.0 Å². The molecule has 36 heavy (non-hydrogen) atoms. The zero-order valence-electron chi connectivity index (χ0n) is 21.3. The number of anilines is 3. The molecule has 0 aliphatic carbocycles. The maximum atomic E-state index is 13.6. The summed E-state index contributed by atoms with van der Waals surface area (Å²) in [5, 5.41) is 3.87. The summed E-state index contributed by atoms with van der Waals surface area (Å²) < 4.78 is 13.6. The summed E-state index contributed by atoms with van der Waals surface area (Å²) in [5.41, 5.74) is 4.28. The van der Waals surface area contributed by atoms with Crippen LogP contribution in [0.5, 0.6) is 0 Å². The van der Waals surface area contributed by atoms with Crippen LogP contribution in [0.15, 0.2) is 77.8 Å². The van der Waals surface area contributed by atoms with E-state index in [1.807, 2.05) is 57.1 Å². The highest BCUT2D eigenvalue weighted by Gasteiger charge is 2.19. The molecule has 188 valence electrons. The van der Waals surface area contributed by atoms with Crippen molar-refractivity contribution in [1.29, 1.82) is 0 Å². The van der Waals surface area contributed by atoms with Crippen LogP contribution in [0.2, 0.25) is 0 Å². The van der Waals surface area contributed by atoms with E-state index in [4.69, 9.17) is 0 Å². The molecule has 0 unspecified atom stereocenters. The number of carbonyl (C=O) groups excluding carboxylic acids is 2. The van der Waals surface area contributed by atoms with Crippen molar-refractivity contribution in [3.05, 3.63) is 100 Å². The third-order valence-corrected chi connectivity index (χ3v) is 6.75. The number of nitrogens with zero attached hydrogens (tertiary/aromatic N) is 2. The molecule has 3 rings (SSSR count). The van der Waals surface area contributed by atoms with Gasteiger partial charge in [-0.1, -0.05) is 12.1 Å². The van der Waals surface area contributed by atoms with E-state index < -0.39 is 0 Å². The highest BCUT2D eigenvalue weighted by Crippen LogP contribution is 2.36. The quantitative estimate of drug-likeness (QED) is 0.333.